The highest BCUT2D eigenvalue weighted by Gasteiger charge is 2.31. The smallest absolute Gasteiger partial charge is 0.254 e. The number of likely N-dealkylation sites (tertiary alicyclic amines) is 1. The third-order valence-electron chi connectivity index (χ3n) is 5.95. The number of aromatic nitrogens is 2. The van der Waals surface area contributed by atoms with Gasteiger partial charge in [0.2, 0.25) is 5.91 Å². The number of nitrogens with zero attached hydrogens (tertiary/aromatic N) is 3. The average Bonchev–Trinajstić information content (AvgIpc) is 3.18. The Bertz CT molecular complexity index is 1000. The molecule has 1 atom stereocenters. The van der Waals surface area contributed by atoms with Gasteiger partial charge in [0, 0.05) is 31.1 Å². The Labute approximate surface area is 175 Å². The fourth-order valence-electron chi connectivity index (χ4n) is 4.37. The highest BCUT2D eigenvalue weighted by atomic mass is 16.5. The van der Waals surface area contributed by atoms with E-state index in [9.17, 15) is 14.7 Å². The molecule has 1 saturated heterocycles. The molecule has 160 valence electrons. The van der Waals surface area contributed by atoms with E-state index in [1.807, 2.05) is 13.0 Å². The number of carbonyl (C=O) groups excluding carboxylic acids is 1. The normalized spacial score (nSPS) is 19.0. The van der Waals surface area contributed by atoms with Gasteiger partial charge in [-0.15, -0.1) is 0 Å². The minimum absolute atomic E-state index is 0.00331. The molecular weight excluding hydrogens is 384 g/mol. The van der Waals surface area contributed by atoms with Crippen LogP contribution in [-0.2, 0) is 24.3 Å². The average molecular weight is 412 g/mol. The van der Waals surface area contributed by atoms with E-state index in [1.165, 1.54) is 0 Å². The monoisotopic (exact) mass is 412 g/mol. The lowest BCUT2D eigenvalue weighted by Gasteiger charge is -2.29. The number of hydrogen-bond donors (Lipinski definition) is 2. The summed E-state index contributed by atoms with van der Waals surface area (Å²) >= 11 is 0. The fraction of sp³-hybridized carbons (Fsp3) is 0.500. The Balaban J connectivity index is 1.59. The molecule has 1 aromatic carbocycles. The predicted octanol–water partition coefficient (Wildman–Crippen LogP) is 2.12. The number of phenolic OH excluding ortho intramolecular Hbond substituents is 1. The Morgan fingerprint density at radius 3 is 2.97 bits per heavy atom. The first-order valence-corrected chi connectivity index (χ1v) is 10.5. The van der Waals surface area contributed by atoms with Crippen LogP contribution in [0.4, 0.5) is 0 Å². The van der Waals surface area contributed by atoms with Crippen molar-refractivity contribution in [2.24, 2.45) is 0 Å². The van der Waals surface area contributed by atoms with E-state index < -0.39 is 0 Å². The second-order valence-corrected chi connectivity index (χ2v) is 7.92. The zero-order chi connectivity index (χ0) is 21.3. The molecule has 0 radical (unpaired) electrons. The van der Waals surface area contributed by atoms with Crippen LogP contribution in [0.5, 0.6) is 11.5 Å². The number of phenols is 1. The highest BCUT2D eigenvalue weighted by molar-refractivity contribution is 5.73. The topological polar surface area (TPSA) is 98.8 Å². The number of H-pyrrole nitrogens is 1. The van der Waals surface area contributed by atoms with E-state index in [-0.39, 0.29) is 23.3 Å². The minimum Gasteiger partial charge on any atom is -0.508 e. The van der Waals surface area contributed by atoms with E-state index in [0.29, 0.717) is 49.7 Å². The molecule has 2 aromatic rings. The summed E-state index contributed by atoms with van der Waals surface area (Å²) in [5.41, 5.74) is 2.06. The summed E-state index contributed by atoms with van der Waals surface area (Å²) in [6, 6.07) is 5.24. The van der Waals surface area contributed by atoms with Gasteiger partial charge in [-0.2, -0.15) is 0 Å². The molecule has 0 spiro atoms. The number of fused-ring (bicyclic) bond motifs is 1. The Morgan fingerprint density at radius 2 is 2.20 bits per heavy atom. The zero-order valence-electron chi connectivity index (χ0n) is 17.5. The van der Waals surface area contributed by atoms with Gasteiger partial charge in [-0.05, 0) is 50.9 Å². The number of rotatable bonds is 5. The first-order valence-electron chi connectivity index (χ1n) is 10.5. The Kier molecular flexibility index (Phi) is 5.76. The minimum atomic E-state index is -0.105. The van der Waals surface area contributed by atoms with E-state index in [2.05, 4.69) is 9.88 Å². The molecule has 2 N–H and O–H groups in total. The van der Waals surface area contributed by atoms with Crippen LogP contribution >= 0.6 is 0 Å². The zero-order valence-corrected chi connectivity index (χ0v) is 17.5. The van der Waals surface area contributed by atoms with Gasteiger partial charge in [0.05, 0.1) is 24.9 Å². The maximum absolute atomic E-state index is 12.7. The third-order valence-corrected chi connectivity index (χ3v) is 5.95. The number of benzene rings is 1. The van der Waals surface area contributed by atoms with E-state index >= 15 is 0 Å². The number of hydrogen-bond acceptors (Lipinski definition) is 6. The third kappa shape index (κ3) is 4.05. The van der Waals surface area contributed by atoms with Gasteiger partial charge in [-0.3, -0.25) is 14.5 Å². The number of ether oxygens (including phenoxy) is 1. The van der Waals surface area contributed by atoms with Gasteiger partial charge in [-0.1, -0.05) is 0 Å². The van der Waals surface area contributed by atoms with Crippen LogP contribution in [0.1, 0.15) is 55.4 Å². The molecule has 2 aliphatic rings. The van der Waals surface area contributed by atoms with Crippen LogP contribution in [0.2, 0.25) is 0 Å². The van der Waals surface area contributed by atoms with Crippen LogP contribution in [-0.4, -0.2) is 50.5 Å². The van der Waals surface area contributed by atoms with Crippen LogP contribution < -0.4 is 10.3 Å². The summed E-state index contributed by atoms with van der Waals surface area (Å²) < 4.78 is 5.56. The van der Waals surface area contributed by atoms with Crippen molar-refractivity contribution in [3.05, 3.63) is 51.2 Å². The lowest BCUT2D eigenvalue weighted by atomic mass is 10.1. The molecule has 4 rings (SSSR count). The number of aromatic hydroxyl groups is 1. The second kappa shape index (κ2) is 8.47. The summed E-state index contributed by atoms with van der Waals surface area (Å²) in [6.07, 6.45) is 2.39. The molecule has 0 aliphatic carbocycles. The molecule has 0 saturated carbocycles. The maximum atomic E-state index is 12.7. The van der Waals surface area contributed by atoms with Crippen LogP contribution in [0.3, 0.4) is 0 Å². The number of nitrogens with one attached hydrogen (secondary N) is 1. The van der Waals surface area contributed by atoms with E-state index in [4.69, 9.17) is 9.72 Å². The van der Waals surface area contributed by atoms with Gasteiger partial charge < -0.3 is 19.7 Å². The van der Waals surface area contributed by atoms with Crippen LogP contribution in [0.25, 0.3) is 0 Å². The van der Waals surface area contributed by atoms with Gasteiger partial charge in [0.1, 0.15) is 17.3 Å². The molecule has 0 bridgehead atoms. The molecular formula is C22H28N4O4. The van der Waals surface area contributed by atoms with Crippen molar-refractivity contribution >= 4 is 5.91 Å². The first kappa shape index (κ1) is 20.4. The largest absolute Gasteiger partial charge is 0.508 e. The van der Waals surface area contributed by atoms with Crippen molar-refractivity contribution in [3.8, 4) is 11.5 Å². The molecule has 30 heavy (non-hydrogen) atoms. The summed E-state index contributed by atoms with van der Waals surface area (Å²) in [4.78, 5) is 36.1. The van der Waals surface area contributed by atoms with Gasteiger partial charge in [-0.25, -0.2) is 4.98 Å². The second-order valence-electron chi connectivity index (χ2n) is 7.92. The molecule has 8 heteroatoms. The van der Waals surface area contributed by atoms with Crippen molar-refractivity contribution in [1.29, 1.82) is 0 Å². The lowest BCUT2D eigenvalue weighted by Crippen LogP contribution is -2.39. The Hall–Kier alpha value is -2.87. The standard InChI is InChI=1S/C22H28N4O4/c1-3-30-16-6-7-20(28)15(11-16)12-26-9-4-5-19(26)21-23-18-13-25(14(2)27)10-8-17(18)22(29)24-21/h6-7,11,19,28H,3-5,8-10,12-13H2,1-2H3,(H,23,24,29)/t19-/m1/s1. The summed E-state index contributed by atoms with van der Waals surface area (Å²) in [7, 11) is 0. The molecule has 0 unspecified atom stereocenters. The molecule has 1 fully saturated rings. The quantitative estimate of drug-likeness (QED) is 0.781. The van der Waals surface area contributed by atoms with Gasteiger partial charge in [0.25, 0.3) is 5.56 Å². The number of amides is 1. The molecule has 2 aliphatic heterocycles. The number of carbonyl (C=O) groups is 1. The van der Waals surface area contributed by atoms with Crippen molar-refractivity contribution in [2.75, 3.05) is 19.7 Å². The van der Waals surface area contributed by atoms with Gasteiger partial charge in [0.15, 0.2) is 0 Å². The maximum Gasteiger partial charge on any atom is 0.254 e. The summed E-state index contributed by atoms with van der Waals surface area (Å²) in [5.74, 6) is 1.59. The van der Waals surface area contributed by atoms with Gasteiger partial charge >= 0.3 is 0 Å². The molecule has 1 amide bonds. The molecule has 3 heterocycles. The number of aromatic amines is 1. The van der Waals surface area contributed by atoms with E-state index in [1.54, 1.807) is 24.0 Å². The van der Waals surface area contributed by atoms with Crippen molar-refractivity contribution in [3.63, 3.8) is 0 Å². The highest BCUT2D eigenvalue weighted by Crippen LogP contribution is 2.34. The predicted molar refractivity (Wildman–Crippen MR) is 111 cm³/mol. The first-order chi connectivity index (χ1) is 14.5. The summed E-state index contributed by atoms with van der Waals surface area (Å²) in [5, 5.41) is 10.3. The molecule has 8 nitrogen and oxygen atoms in total. The Morgan fingerprint density at radius 1 is 1.37 bits per heavy atom. The van der Waals surface area contributed by atoms with Crippen LogP contribution in [0.15, 0.2) is 23.0 Å². The van der Waals surface area contributed by atoms with E-state index in [0.717, 1.165) is 30.7 Å². The summed E-state index contributed by atoms with van der Waals surface area (Å²) in [6.45, 7) is 6.35. The van der Waals surface area contributed by atoms with Crippen molar-refractivity contribution in [1.82, 2.24) is 19.8 Å². The molecule has 1 aromatic heterocycles. The lowest BCUT2D eigenvalue weighted by molar-refractivity contribution is -0.129. The fourth-order valence-corrected chi connectivity index (χ4v) is 4.37. The van der Waals surface area contributed by atoms with Crippen molar-refractivity contribution in [2.45, 2.75) is 52.2 Å². The van der Waals surface area contributed by atoms with Crippen LogP contribution in [0, 0.1) is 0 Å². The SMILES string of the molecule is CCOc1ccc(O)c(CN2CCC[C@@H]2c2nc3c(c(=O)[nH]2)CCN(C(C)=O)C3)c1. The van der Waals surface area contributed by atoms with Crippen molar-refractivity contribution < 1.29 is 14.6 Å².